The minimum Gasteiger partial charge on any atom is -0.444 e. The van der Waals surface area contributed by atoms with Crippen molar-refractivity contribution in [2.75, 3.05) is 19.6 Å². The first kappa shape index (κ1) is 19.3. The summed E-state index contributed by atoms with van der Waals surface area (Å²) in [5.41, 5.74) is -0.192. The van der Waals surface area contributed by atoms with E-state index >= 15 is 0 Å². The molecule has 0 bridgehead atoms. The van der Waals surface area contributed by atoms with E-state index in [1.54, 1.807) is 9.80 Å². The first-order valence-corrected chi connectivity index (χ1v) is 8.98. The number of rotatable bonds is 4. The molecular weight excluding hydrogens is 361 g/mol. The number of benzene rings is 1. The zero-order valence-electron chi connectivity index (χ0n) is 15.0. The largest absolute Gasteiger partial charge is 0.444 e. The Morgan fingerprint density at radius 2 is 1.93 bits per heavy atom. The SMILES string of the molecule is CCC1CN(C2CCN(C(=O)C=Cc3ccc(F)c(F)c3F)CC2)C(=O)O1. The van der Waals surface area contributed by atoms with Gasteiger partial charge in [-0.2, -0.15) is 0 Å². The Morgan fingerprint density at radius 3 is 2.56 bits per heavy atom. The first-order valence-electron chi connectivity index (χ1n) is 8.98. The lowest BCUT2D eigenvalue weighted by Gasteiger charge is -2.35. The third-order valence-electron chi connectivity index (χ3n) is 5.05. The number of amides is 2. The molecule has 27 heavy (non-hydrogen) atoms. The van der Waals surface area contributed by atoms with Crippen molar-refractivity contribution in [3.05, 3.63) is 41.2 Å². The van der Waals surface area contributed by atoms with Gasteiger partial charge in [0.15, 0.2) is 17.5 Å². The summed E-state index contributed by atoms with van der Waals surface area (Å²) < 4.78 is 45.1. The number of hydrogen-bond acceptors (Lipinski definition) is 3. The van der Waals surface area contributed by atoms with Gasteiger partial charge in [-0.1, -0.05) is 6.92 Å². The van der Waals surface area contributed by atoms with Gasteiger partial charge in [0.25, 0.3) is 0 Å². The number of ether oxygens (including phenoxy) is 1. The minimum absolute atomic E-state index is 0.0331. The van der Waals surface area contributed by atoms with E-state index in [1.807, 2.05) is 6.92 Å². The molecule has 0 aliphatic carbocycles. The van der Waals surface area contributed by atoms with Gasteiger partial charge in [-0.25, -0.2) is 18.0 Å². The monoisotopic (exact) mass is 382 g/mol. The van der Waals surface area contributed by atoms with E-state index in [4.69, 9.17) is 4.74 Å². The van der Waals surface area contributed by atoms with E-state index in [0.29, 0.717) is 32.5 Å². The molecule has 3 rings (SSSR count). The normalized spacial score (nSPS) is 21.2. The van der Waals surface area contributed by atoms with Crippen LogP contribution in [0.1, 0.15) is 31.7 Å². The Balaban J connectivity index is 1.56. The number of hydrogen-bond donors (Lipinski definition) is 0. The van der Waals surface area contributed by atoms with Gasteiger partial charge in [0.1, 0.15) is 6.10 Å². The second-order valence-electron chi connectivity index (χ2n) is 6.72. The van der Waals surface area contributed by atoms with Crippen LogP contribution in [0.3, 0.4) is 0 Å². The summed E-state index contributed by atoms with van der Waals surface area (Å²) in [6.45, 7) is 3.44. The number of carbonyl (C=O) groups is 2. The molecule has 2 amide bonds. The Morgan fingerprint density at radius 1 is 1.22 bits per heavy atom. The summed E-state index contributed by atoms with van der Waals surface area (Å²) in [7, 11) is 0. The topological polar surface area (TPSA) is 49.9 Å². The number of halogens is 3. The van der Waals surface area contributed by atoms with E-state index in [1.165, 1.54) is 0 Å². The molecule has 146 valence electrons. The standard InChI is InChI=1S/C19H21F3N2O3/c1-2-14-11-24(19(26)27-14)13-7-9-23(10-8-13)16(25)6-4-12-3-5-15(20)18(22)17(12)21/h3-6,13-14H,2,7-11H2,1H3. The Bertz CT molecular complexity index is 761. The molecule has 2 aliphatic heterocycles. The summed E-state index contributed by atoms with van der Waals surface area (Å²) in [6, 6.07) is 1.92. The molecule has 1 aromatic carbocycles. The molecule has 1 atom stereocenters. The van der Waals surface area contributed by atoms with Crippen molar-refractivity contribution in [1.29, 1.82) is 0 Å². The van der Waals surface area contributed by atoms with Gasteiger partial charge in [-0.15, -0.1) is 0 Å². The maximum absolute atomic E-state index is 13.6. The Labute approximate surface area is 155 Å². The lowest BCUT2D eigenvalue weighted by molar-refractivity contribution is -0.127. The predicted octanol–water partition coefficient (Wildman–Crippen LogP) is 3.34. The molecular formula is C19H21F3N2O3. The summed E-state index contributed by atoms with van der Waals surface area (Å²) in [5.74, 6) is -4.50. The summed E-state index contributed by atoms with van der Waals surface area (Å²) in [6.07, 6.45) is 3.93. The van der Waals surface area contributed by atoms with Crippen LogP contribution >= 0.6 is 0 Å². The zero-order valence-corrected chi connectivity index (χ0v) is 15.0. The van der Waals surface area contributed by atoms with Gasteiger partial charge in [-0.05, 0) is 37.5 Å². The van der Waals surface area contributed by atoms with Crippen LogP contribution in [-0.4, -0.2) is 53.6 Å². The maximum atomic E-state index is 13.6. The highest BCUT2D eigenvalue weighted by molar-refractivity contribution is 5.91. The van der Waals surface area contributed by atoms with Crippen LogP contribution in [0.2, 0.25) is 0 Å². The van der Waals surface area contributed by atoms with E-state index in [0.717, 1.165) is 30.7 Å². The highest BCUT2D eigenvalue weighted by Crippen LogP contribution is 2.24. The van der Waals surface area contributed by atoms with E-state index in [-0.39, 0.29) is 29.7 Å². The average Bonchev–Trinajstić information content (AvgIpc) is 3.06. The number of cyclic esters (lactones) is 1. The third-order valence-corrected chi connectivity index (χ3v) is 5.05. The van der Waals surface area contributed by atoms with Gasteiger partial charge >= 0.3 is 6.09 Å². The molecule has 1 aromatic rings. The van der Waals surface area contributed by atoms with Crippen LogP contribution in [0, 0.1) is 17.5 Å². The second-order valence-corrected chi connectivity index (χ2v) is 6.72. The maximum Gasteiger partial charge on any atom is 0.410 e. The van der Waals surface area contributed by atoms with Gasteiger partial charge in [0, 0.05) is 30.8 Å². The van der Waals surface area contributed by atoms with Crippen LogP contribution < -0.4 is 0 Å². The quantitative estimate of drug-likeness (QED) is 0.593. The lowest BCUT2D eigenvalue weighted by Crippen LogP contribution is -2.46. The molecule has 2 fully saturated rings. The van der Waals surface area contributed by atoms with Gasteiger partial charge in [0.05, 0.1) is 6.54 Å². The fraction of sp³-hybridized carbons (Fsp3) is 0.474. The third kappa shape index (κ3) is 4.09. The van der Waals surface area contributed by atoms with Crippen LogP contribution in [0.15, 0.2) is 18.2 Å². The molecule has 2 heterocycles. The van der Waals surface area contributed by atoms with Crippen molar-refractivity contribution >= 4 is 18.1 Å². The van der Waals surface area contributed by atoms with Crippen molar-refractivity contribution in [1.82, 2.24) is 9.80 Å². The smallest absolute Gasteiger partial charge is 0.410 e. The predicted molar refractivity (Wildman–Crippen MR) is 92.2 cm³/mol. The molecule has 0 saturated carbocycles. The van der Waals surface area contributed by atoms with Crippen LogP contribution in [-0.2, 0) is 9.53 Å². The molecule has 0 aromatic heterocycles. The van der Waals surface area contributed by atoms with Crippen molar-refractivity contribution in [2.24, 2.45) is 0 Å². The second kappa shape index (κ2) is 8.02. The molecule has 8 heteroatoms. The van der Waals surface area contributed by atoms with Crippen LogP contribution in [0.25, 0.3) is 6.08 Å². The molecule has 0 spiro atoms. The van der Waals surface area contributed by atoms with E-state index in [2.05, 4.69) is 0 Å². The minimum atomic E-state index is -1.56. The summed E-state index contributed by atoms with van der Waals surface area (Å²) in [5, 5.41) is 0. The van der Waals surface area contributed by atoms with Gasteiger partial charge in [-0.3, -0.25) is 4.79 Å². The van der Waals surface area contributed by atoms with E-state index in [9.17, 15) is 22.8 Å². The summed E-state index contributed by atoms with van der Waals surface area (Å²) in [4.78, 5) is 27.5. The molecule has 2 aliphatic rings. The lowest BCUT2D eigenvalue weighted by atomic mass is 10.0. The molecule has 2 saturated heterocycles. The first-order chi connectivity index (χ1) is 12.9. The van der Waals surface area contributed by atoms with Crippen LogP contribution in [0.5, 0.6) is 0 Å². The Hall–Kier alpha value is -2.51. The highest BCUT2D eigenvalue weighted by Gasteiger charge is 2.37. The number of carbonyl (C=O) groups excluding carboxylic acids is 2. The van der Waals surface area contributed by atoms with E-state index < -0.39 is 17.5 Å². The Kier molecular flexibility index (Phi) is 5.72. The molecule has 0 N–H and O–H groups in total. The highest BCUT2D eigenvalue weighted by atomic mass is 19.2. The van der Waals surface area contributed by atoms with Crippen molar-refractivity contribution < 1.29 is 27.5 Å². The van der Waals surface area contributed by atoms with Gasteiger partial charge < -0.3 is 14.5 Å². The molecule has 1 unspecified atom stereocenters. The zero-order chi connectivity index (χ0) is 19.6. The number of piperidine rings is 1. The fourth-order valence-electron chi connectivity index (χ4n) is 3.39. The van der Waals surface area contributed by atoms with Crippen LogP contribution in [0.4, 0.5) is 18.0 Å². The van der Waals surface area contributed by atoms with Gasteiger partial charge in [0.2, 0.25) is 5.91 Å². The molecule has 5 nitrogen and oxygen atoms in total. The number of likely N-dealkylation sites (tertiary alicyclic amines) is 1. The molecule has 0 radical (unpaired) electrons. The van der Waals surface area contributed by atoms with Crippen molar-refractivity contribution in [3.8, 4) is 0 Å². The average molecular weight is 382 g/mol. The fourth-order valence-corrected chi connectivity index (χ4v) is 3.39. The van der Waals surface area contributed by atoms with Crippen molar-refractivity contribution in [2.45, 2.75) is 38.3 Å². The summed E-state index contributed by atoms with van der Waals surface area (Å²) >= 11 is 0. The van der Waals surface area contributed by atoms with Crippen molar-refractivity contribution in [3.63, 3.8) is 0 Å². The number of nitrogens with zero attached hydrogens (tertiary/aromatic N) is 2.